The van der Waals surface area contributed by atoms with Crippen molar-refractivity contribution in [1.29, 1.82) is 0 Å². The van der Waals surface area contributed by atoms with E-state index in [1.807, 2.05) is 43.0 Å². The van der Waals surface area contributed by atoms with Gasteiger partial charge in [-0.25, -0.2) is 0 Å². The van der Waals surface area contributed by atoms with Crippen LogP contribution >= 0.6 is 0 Å². The van der Waals surface area contributed by atoms with Crippen LogP contribution in [0.1, 0.15) is 37.0 Å². The van der Waals surface area contributed by atoms with Gasteiger partial charge in [-0.1, -0.05) is 6.07 Å². The lowest BCUT2D eigenvalue weighted by Crippen LogP contribution is -2.34. The molecule has 1 fully saturated rings. The predicted octanol–water partition coefficient (Wildman–Crippen LogP) is 1.86. The van der Waals surface area contributed by atoms with E-state index in [4.69, 9.17) is 0 Å². The van der Waals surface area contributed by atoms with Gasteiger partial charge in [0.25, 0.3) is 5.91 Å². The molecule has 1 aromatic carbocycles. The summed E-state index contributed by atoms with van der Waals surface area (Å²) >= 11 is 0. The molecule has 2 rings (SSSR count). The van der Waals surface area contributed by atoms with E-state index in [1.54, 1.807) is 0 Å². The molecule has 21 heavy (non-hydrogen) atoms. The average molecular weight is 289 g/mol. The van der Waals surface area contributed by atoms with Gasteiger partial charge < -0.3 is 15.5 Å². The second-order valence-electron chi connectivity index (χ2n) is 5.66. The van der Waals surface area contributed by atoms with E-state index >= 15 is 0 Å². The summed E-state index contributed by atoms with van der Waals surface area (Å²) in [6, 6.07) is 7.46. The molecule has 0 bridgehead atoms. The molecule has 0 radical (unpaired) electrons. The van der Waals surface area contributed by atoms with Crippen LogP contribution in [-0.4, -0.2) is 42.4 Å². The first kappa shape index (κ1) is 15.4. The number of anilines is 1. The highest BCUT2D eigenvalue weighted by Crippen LogP contribution is 2.16. The van der Waals surface area contributed by atoms with Crippen molar-refractivity contribution in [2.24, 2.45) is 0 Å². The largest absolute Gasteiger partial charge is 0.376 e. The van der Waals surface area contributed by atoms with Gasteiger partial charge in [0.2, 0.25) is 5.91 Å². The fraction of sp³-hybridized carbons (Fsp3) is 0.500. The predicted molar refractivity (Wildman–Crippen MR) is 83.3 cm³/mol. The highest BCUT2D eigenvalue weighted by Gasteiger charge is 2.19. The zero-order valence-corrected chi connectivity index (χ0v) is 12.7. The van der Waals surface area contributed by atoms with Gasteiger partial charge in [0, 0.05) is 30.4 Å². The summed E-state index contributed by atoms with van der Waals surface area (Å²) in [5.41, 5.74) is 1.46. The summed E-state index contributed by atoms with van der Waals surface area (Å²) in [4.78, 5) is 25.8. The number of nitrogens with one attached hydrogen (secondary N) is 2. The number of benzene rings is 1. The van der Waals surface area contributed by atoms with Gasteiger partial charge in [-0.3, -0.25) is 9.59 Å². The smallest absolute Gasteiger partial charge is 0.253 e. The molecule has 0 atom stereocenters. The maximum atomic E-state index is 12.3. The van der Waals surface area contributed by atoms with Crippen LogP contribution in [-0.2, 0) is 4.79 Å². The number of likely N-dealkylation sites (tertiary alicyclic amines) is 1. The summed E-state index contributed by atoms with van der Waals surface area (Å²) in [6.45, 7) is 5.74. The Hall–Kier alpha value is -2.04. The van der Waals surface area contributed by atoms with E-state index in [0.29, 0.717) is 5.56 Å². The first-order chi connectivity index (χ1) is 10.1. The molecule has 5 heteroatoms. The van der Waals surface area contributed by atoms with Crippen molar-refractivity contribution in [1.82, 2.24) is 10.2 Å². The molecule has 0 aromatic heterocycles. The van der Waals surface area contributed by atoms with E-state index in [9.17, 15) is 9.59 Å². The van der Waals surface area contributed by atoms with Crippen molar-refractivity contribution in [3.8, 4) is 0 Å². The normalized spacial score (nSPS) is 14.3. The van der Waals surface area contributed by atoms with E-state index < -0.39 is 0 Å². The molecule has 0 aliphatic carbocycles. The van der Waals surface area contributed by atoms with Crippen LogP contribution in [0.3, 0.4) is 0 Å². The van der Waals surface area contributed by atoms with Crippen molar-refractivity contribution in [2.45, 2.75) is 32.7 Å². The highest BCUT2D eigenvalue weighted by atomic mass is 16.2. The Labute approximate surface area is 125 Å². The average Bonchev–Trinajstić information content (AvgIpc) is 2.98. The summed E-state index contributed by atoms with van der Waals surface area (Å²) in [7, 11) is 0. The molecular formula is C16H23N3O2. The number of amides is 2. The first-order valence-corrected chi connectivity index (χ1v) is 7.49. The quantitative estimate of drug-likeness (QED) is 0.870. The van der Waals surface area contributed by atoms with Crippen LogP contribution in [0.25, 0.3) is 0 Å². The topological polar surface area (TPSA) is 61.4 Å². The van der Waals surface area contributed by atoms with Gasteiger partial charge in [0.15, 0.2) is 0 Å². The van der Waals surface area contributed by atoms with Crippen LogP contribution in [0.2, 0.25) is 0 Å². The standard InChI is InChI=1S/C16H23N3O2/c1-12(2)18-15(20)11-17-14-7-5-6-13(10-14)16(21)19-8-3-4-9-19/h5-7,10,12,17H,3-4,8-9,11H2,1-2H3,(H,18,20). The number of carbonyl (C=O) groups excluding carboxylic acids is 2. The summed E-state index contributed by atoms with van der Waals surface area (Å²) in [6.07, 6.45) is 2.16. The van der Waals surface area contributed by atoms with Crippen molar-refractivity contribution in [3.05, 3.63) is 29.8 Å². The molecule has 1 aromatic rings. The fourth-order valence-electron chi connectivity index (χ4n) is 2.42. The van der Waals surface area contributed by atoms with E-state index in [2.05, 4.69) is 10.6 Å². The van der Waals surface area contributed by atoms with Crippen LogP contribution in [0.5, 0.6) is 0 Å². The molecule has 1 heterocycles. The maximum absolute atomic E-state index is 12.3. The Morgan fingerprint density at radius 3 is 2.62 bits per heavy atom. The van der Waals surface area contributed by atoms with E-state index in [1.165, 1.54) is 0 Å². The molecule has 2 N–H and O–H groups in total. The second kappa shape index (κ2) is 7.11. The number of rotatable bonds is 5. The van der Waals surface area contributed by atoms with Gasteiger partial charge in [-0.05, 0) is 44.9 Å². The van der Waals surface area contributed by atoms with E-state index in [0.717, 1.165) is 31.6 Å². The van der Waals surface area contributed by atoms with Gasteiger partial charge in [-0.15, -0.1) is 0 Å². The fourth-order valence-corrected chi connectivity index (χ4v) is 2.42. The molecule has 114 valence electrons. The zero-order chi connectivity index (χ0) is 15.2. The third kappa shape index (κ3) is 4.48. The number of hydrogen-bond acceptors (Lipinski definition) is 3. The lowest BCUT2D eigenvalue weighted by atomic mass is 10.1. The minimum atomic E-state index is -0.0544. The Balaban J connectivity index is 1.94. The van der Waals surface area contributed by atoms with Gasteiger partial charge >= 0.3 is 0 Å². The molecule has 2 amide bonds. The molecule has 5 nitrogen and oxygen atoms in total. The lowest BCUT2D eigenvalue weighted by Gasteiger charge is -2.16. The van der Waals surface area contributed by atoms with Gasteiger partial charge in [0.05, 0.1) is 6.54 Å². The molecule has 1 saturated heterocycles. The van der Waals surface area contributed by atoms with Crippen molar-refractivity contribution in [3.63, 3.8) is 0 Å². The summed E-state index contributed by atoms with van der Waals surface area (Å²) in [5, 5.41) is 5.87. The molecular weight excluding hydrogens is 266 g/mol. The number of carbonyl (C=O) groups is 2. The monoisotopic (exact) mass is 289 g/mol. The first-order valence-electron chi connectivity index (χ1n) is 7.49. The summed E-state index contributed by atoms with van der Waals surface area (Å²) < 4.78 is 0. The zero-order valence-electron chi connectivity index (χ0n) is 12.7. The Morgan fingerprint density at radius 2 is 1.95 bits per heavy atom. The number of hydrogen-bond donors (Lipinski definition) is 2. The van der Waals surface area contributed by atoms with Crippen LogP contribution < -0.4 is 10.6 Å². The molecule has 0 unspecified atom stereocenters. The third-order valence-electron chi connectivity index (χ3n) is 3.41. The van der Waals surface area contributed by atoms with Crippen LogP contribution in [0.15, 0.2) is 24.3 Å². The Morgan fingerprint density at radius 1 is 1.24 bits per heavy atom. The lowest BCUT2D eigenvalue weighted by molar-refractivity contribution is -0.119. The van der Waals surface area contributed by atoms with Gasteiger partial charge in [-0.2, -0.15) is 0 Å². The molecule has 1 aliphatic heterocycles. The molecule has 1 aliphatic rings. The van der Waals surface area contributed by atoms with Crippen molar-refractivity contribution in [2.75, 3.05) is 25.0 Å². The van der Waals surface area contributed by atoms with Crippen LogP contribution in [0.4, 0.5) is 5.69 Å². The van der Waals surface area contributed by atoms with Crippen molar-refractivity contribution < 1.29 is 9.59 Å². The minimum absolute atomic E-state index is 0.0544. The minimum Gasteiger partial charge on any atom is -0.376 e. The van der Waals surface area contributed by atoms with Crippen molar-refractivity contribution >= 4 is 17.5 Å². The molecule has 0 spiro atoms. The third-order valence-corrected chi connectivity index (χ3v) is 3.41. The Kier molecular flexibility index (Phi) is 5.20. The molecule has 0 saturated carbocycles. The second-order valence-corrected chi connectivity index (χ2v) is 5.66. The summed E-state index contributed by atoms with van der Waals surface area (Å²) in [5.74, 6) is 0.0176. The van der Waals surface area contributed by atoms with Crippen LogP contribution in [0, 0.1) is 0 Å². The SMILES string of the molecule is CC(C)NC(=O)CNc1cccc(C(=O)N2CCCC2)c1. The number of nitrogens with zero attached hydrogens (tertiary/aromatic N) is 1. The van der Waals surface area contributed by atoms with E-state index in [-0.39, 0.29) is 24.4 Å². The highest BCUT2D eigenvalue weighted by molar-refractivity contribution is 5.95. The van der Waals surface area contributed by atoms with Gasteiger partial charge in [0.1, 0.15) is 0 Å². The Bertz CT molecular complexity index is 508. The maximum Gasteiger partial charge on any atom is 0.253 e.